The third-order valence-electron chi connectivity index (χ3n) is 15.0. The number of para-hydroxylation sites is 6. The van der Waals surface area contributed by atoms with Crippen LogP contribution in [-0.4, -0.2) is 0 Å². The number of aryl methyl sites for hydroxylation is 2. The van der Waals surface area contributed by atoms with Crippen LogP contribution in [0.5, 0.6) is 0 Å². The first-order valence-electron chi connectivity index (χ1n) is 23.9. The van der Waals surface area contributed by atoms with Crippen LogP contribution in [-0.2, 0) is 5.41 Å². The predicted molar refractivity (Wildman–Crippen MR) is 290 cm³/mol. The molecule has 13 aromatic rings. The summed E-state index contributed by atoms with van der Waals surface area (Å²) >= 11 is 0. The number of anilines is 6. The van der Waals surface area contributed by atoms with Crippen LogP contribution < -0.4 is 9.80 Å². The maximum Gasteiger partial charge on any atom is 0.159 e. The Labute approximate surface area is 399 Å². The second-order valence-electron chi connectivity index (χ2n) is 19.3. The molecule has 0 saturated carbocycles. The Morgan fingerprint density at radius 3 is 1.41 bits per heavy atom. The van der Waals surface area contributed by atoms with Gasteiger partial charge in [-0.25, -0.2) is 0 Å². The van der Waals surface area contributed by atoms with E-state index in [0.29, 0.717) is 0 Å². The van der Waals surface area contributed by atoms with E-state index >= 15 is 0 Å². The monoisotopic (exact) mass is 886 g/mol. The van der Waals surface area contributed by atoms with Crippen molar-refractivity contribution in [2.24, 2.45) is 0 Å². The number of fused-ring (bicyclic) bond motifs is 16. The van der Waals surface area contributed by atoms with Crippen LogP contribution in [0.4, 0.5) is 34.1 Å². The largest absolute Gasteiger partial charge is 0.454 e. The van der Waals surface area contributed by atoms with Gasteiger partial charge in [-0.2, -0.15) is 0 Å². The van der Waals surface area contributed by atoms with E-state index in [0.717, 1.165) is 78.0 Å². The average Bonchev–Trinajstić information content (AvgIpc) is 4.04. The average molecular weight is 887 g/mol. The number of furan rings is 2. The first kappa shape index (κ1) is 39.6. The molecule has 0 radical (unpaired) electrons. The lowest BCUT2D eigenvalue weighted by atomic mass is 9.79. The number of hydrogen-bond donors (Lipinski definition) is 0. The van der Waals surface area contributed by atoms with Gasteiger partial charge in [0.1, 0.15) is 11.2 Å². The van der Waals surface area contributed by atoms with Gasteiger partial charge in [-0.15, -0.1) is 0 Å². The van der Waals surface area contributed by atoms with Crippen molar-refractivity contribution in [3.8, 4) is 11.1 Å². The molecule has 69 heavy (non-hydrogen) atoms. The lowest BCUT2D eigenvalue weighted by Gasteiger charge is -2.31. The van der Waals surface area contributed by atoms with E-state index in [1.54, 1.807) is 0 Å². The molecule has 11 aromatic carbocycles. The van der Waals surface area contributed by atoms with Crippen molar-refractivity contribution < 1.29 is 8.83 Å². The molecule has 328 valence electrons. The van der Waals surface area contributed by atoms with Crippen molar-refractivity contribution in [3.63, 3.8) is 0 Å². The fraction of sp³-hybridized carbons (Fsp3) is 0.0769. The van der Waals surface area contributed by atoms with Gasteiger partial charge in [0.25, 0.3) is 0 Å². The maximum atomic E-state index is 6.81. The molecule has 1 aliphatic rings. The smallest absolute Gasteiger partial charge is 0.159 e. The van der Waals surface area contributed by atoms with E-state index in [-0.39, 0.29) is 5.41 Å². The van der Waals surface area contributed by atoms with Crippen LogP contribution in [0.1, 0.15) is 36.1 Å². The summed E-state index contributed by atoms with van der Waals surface area (Å²) in [5.74, 6) is 0. The van der Waals surface area contributed by atoms with Crippen LogP contribution >= 0.6 is 0 Å². The summed E-state index contributed by atoms with van der Waals surface area (Å²) in [6.07, 6.45) is 0. The summed E-state index contributed by atoms with van der Waals surface area (Å²) in [6.45, 7) is 9.26. The predicted octanol–water partition coefficient (Wildman–Crippen LogP) is 18.8. The summed E-state index contributed by atoms with van der Waals surface area (Å²) < 4.78 is 13.6. The Hall–Kier alpha value is -8.60. The zero-order chi connectivity index (χ0) is 46.1. The van der Waals surface area contributed by atoms with Crippen LogP contribution in [0.25, 0.3) is 87.3 Å². The summed E-state index contributed by atoms with van der Waals surface area (Å²) in [5.41, 5.74) is 17.2. The number of nitrogens with zero attached hydrogens (tertiary/aromatic N) is 2. The fourth-order valence-corrected chi connectivity index (χ4v) is 11.9. The van der Waals surface area contributed by atoms with Crippen molar-refractivity contribution in [3.05, 3.63) is 229 Å². The molecule has 0 aliphatic heterocycles. The third-order valence-corrected chi connectivity index (χ3v) is 15.0. The van der Waals surface area contributed by atoms with Crippen LogP contribution in [0.2, 0.25) is 0 Å². The topological polar surface area (TPSA) is 32.8 Å². The molecule has 14 rings (SSSR count). The fourth-order valence-electron chi connectivity index (χ4n) is 11.9. The van der Waals surface area contributed by atoms with Crippen LogP contribution in [0, 0.1) is 13.8 Å². The van der Waals surface area contributed by atoms with Crippen molar-refractivity contribution in [1.29, 1.82) is 0 Å². The summed E-state index contributed by atoms with van der Waals surface area (Å²) in [6, 6.07) is 74.9. The van der Waals surface area contributed by atoms with Gasteiger partial charge in [-0.05, 0) is 129 Å². The molecular weight excluding hydrogens is 841 g/mol. The lowest BCUT2D eigenvalue weighted by molar-refractivity contribution is 0.666. The van der Waals surface area contributed by atoms with E-state index in [4.69, 9.17) is 8.83 Å². The molecule has 0 atom stereocenters. The molecule has 0 amide bonds. The van der Waals surface area contributed by atoms with Crippen LogP contribution in [0.15, 0.2) is 215 Å². The second kappa shape index (κ2) is 14.7. The molecule has 1 aliphatic carbocycles. The Morgan fingerprint density at radius 2 is 0.797 bits per heavy atom. The van der Waals surface area contributed by atoms with Gasteiger partial charge in [0.15, 0.2) is 11.2 Å². The first-order chi connectivity index (χ1) is 33.8. The molecule has 2 aromatic heterocycles. The van der Waals surface area contributed by atoms with Crippen molar-refractivity contribution in [2.45, 2.75) is 33.1 Å². The Kier molecular flexibility index (Phi) is 8.43. The third kappa shape index (κ3) is 5.63. The second-order valence-corrected chi connectivity index (χ2v) is 19.3. The molecule has 2 heterocycles. The van der Waals surface area contributed by atoms with Gasteiger partial charge in [0.05, 0.1) is 17.1 Å². The highest BCUT2D eigenvalue weighted by molar-refractivity contribution is 6.24. The zero-order valence-corrected chi connectivity index (χ0v) is 38.8. The number of benzene rings is 11. The molecule has 0 spiro atoms. The summed E-state index contributed by atoms with van der Waals surface area (Å²) in [7, 11) is 0. The van der Waals surface area contributed by atoms with E-state index in [1.165, 1.54) is 65.7 Å². The minimum atomic E-state index is -0.383. The molecule has 4 nitrogen and oxygen atoms in total. The minimum absolute atomic E-state index is 0.383. The van der Waals surface area contributed by atoms with Crippen molar-refractivity contribution in [1.82, 2.24) is 0 Å². The molecular formula is C65H46N2O2. The Morgan fingerprint density at radius 1 is 0.333 bits per heavy atom. The first-order valence-corrected chi connectivity index (χ1v) is 23.9. The van der Waals surface area contributed by atoms with Crippen LogP contribution in [0.3, 0.4) is 0 Å². The van der Waals surface area contributed by atoms with Gasteiger partial charge in [-0.1, -0.05) is 166 Å². The molecule has 0 unspecified atom stereocenters. The SMILES string of the molecule is Cc1ccccc1N(c1ccc2c3c(c4ccccc4c2c1)-c1c(cc(N(c2ccccc2C)c2cccc4c2oc2ccccc24)c2ccccc12)C3(C)C)c1cccc2c1oc1ccccc12. The number of rotatable bonds is 6. The minimum Gasteiger partial charge on any atom is -0.454 e. The van der Waals surface area contributed by atoms with Gasteiger partial charge < -0.3 is 18.6 Å². The molecule has 4 heteroatoms. The highest BCUT2D eigenvalue weighted by Gasteiger charge is 2.41. The molecule has 0 fully saturated rings. The summed E-state index contributed by atoms with van der Waals surface area (Å²) in [5, 5.41) is 11.8. The molecule has 0 bridgehead atoms. The van der Waals surface area contributed by atoms with E-state index in [2.05, 4.69) is 238 Å². The summed E-state index contributed by atoms with van der Waals surface area (Å²) in [4.78, 5) is 4.84. The highest BCUT2D eigenvalue weighted by atomic mass is 16.3. The quantitative estimate of drug-likeness (QED) is 0.156. The zero-order valence-electron chi connectivity index (χ0n) is 38.8. The van der Waals surface area contributed by atoms with Gasteiger partial charge in [0, 0.05) is 49.4 Å². The van der Waals surface area contributed by atoms with Crippen molar-refractivity contribution >= 4 is 110 Å². The maximum absolute atomic E-state index is 6.81. The normalized spacial score (nSPS) is 13.0. The molecule has 0 N–H and O–H groups in total. The van der Waals surface area contributed by atoms with E-state index < -0.39 is 0 Å². The highest BCUT2D eigenvalue weighted by Crippen LogP contribution is 2.59. The Balaban J connectivity index is 1.03. The Bertz CT molecular complexity index is 4280. The van der Waals surface area contributed by atoms with Gasteiger partial charge in [-0.3, -0.25) is 0 Å². The van der Waals surface area contributed by atoms with Crippen molar-refractivity contribution in [2.75, 3.05) is 9.80 Å². The van der Waals surface area contributed by atoms with E-state index in [1.807, 2.05) is 6.07 Å². The van der Waals surface area contributed by atoms with Gasteiger partial charge in [0.2, 0.25) is 0 Å². The number of hydrogen-bond acceptors (Lipinski definition) is 4. The molecule has 0 saturated heterocycles. The van der Waals surface area contributed by atoms with Gasteiger partial charge >= 0.3 is 0 Å². The standard InChI is InChI=1S/C65H46N2O2/c1-39-19-5-13-29-53(39)66(55-31-17-27-49-44-23-11-15-33-58(44)68-63(49)55)41-35-36-48-51(37-41)42-21-7-9-25-46(42)61-60-47-26-10-8-22-43(47)57(38-52(60)65(3,4)62(48)61)67(54-30-14-6-20-40(54)2)56-32-18-28-50-45-24-12-16-34-59(45)69-64(50)56/h5-38H,1-4H3. The lowest BCUT2D eigenvalue weighted by Crippen LogP contribution is -2.18. The van der Waals surface area contributed by atoms with E-state index in [9.17, 15) is 0 Å².